The van der Waals surface area contributed by atoms with E-state index in [1.165, 1.54) is 6.92 Å². The van der Waals surface area contributed by atoms with Gasteiger partial charge in [0.25, 0.3) is 0 Å². The molecule has 0 saturated carbocycles. The van der Waals surface area contributed by atoms with Crippen molar-refractivity contribution in [2.45, 2.75) is 44.7 Å². The van der Waals surface area contributed by atoms with Gasteiger partial charge < -0.3 is 10.2 Å². The molecule has 0 aromatic heterocycles. The fourth-order valence-corrected chi connectivity index (χ4v) is 2.71. The Balaban J connectivity index is 3.18. The van der Waals surface area contributed by atoms with E-state index >= 15 is 0 Å². The molecule has 1 heterocycles. The minimum absolute atomic E-state index is 0.0728. The van der Waals surface area contributed by atoms with Gasteiger partial charge in [-0.25, -0.2) is 9.59 Å². The van der Waals surface area contributed by atoms with Crippen molar-refractivity contribution >= 4 is 12.1 Å². The summed E-state index contributed by atoms with van der Waals surface area (Å²) in [5.74, 6) is -1.71. The Morgan fingerprint density at radius 2 is 2.16 bits per heavy atom. The lowest BCUT2D eigenvalue weighted by molar-refractivity contribution is -0.150. The first kappa shape index (κ1) is 15.1. The van der Waals surface area contributed by atoms with Crippen molar-refractivity contribution in [2.24, 2.45) is 11.0 Å². The molecule has 3 unspecified atom stereocenters. The van der Waals surface area contributed by atoms with Crippen LogP contribution < -0.4 is 0 Å². The number of likely N-dealkylation sites (tertiary alicyclic amines) is 1. The van der Waals surface area contributed by atoms with Crippen molar-refractivity contribution < 1.29 is 19.8 Å². The highest BCUT2D eigenvalue weighted by atomic mass is 16.4. The van der Waals surface area contributed by atoms with E-state index in [0.29, 0.717) is 6.42 Å². The van der Waals surface area contributed by atoms with Crippen LogP contribution >= 0.6 is 0 Å². The highest BCUT2D eigenvalue weighted by Gasteiger charge is 2.57. The highest BCUT2D eigenvalue weighted by molar-refractivity contribution is 5.85. The number of hydrogen-bond donors (Lipinski definition) is 2. The number of rotatable bonds is 5. The number of carboxylic acids is 1. The summed E-state index contributed by atoms with van der Waals surface area (Å²) in [6.45, 7) is 3.28. The Labute approximate surface area is 110 Å². The molecule has 19 heavy (non-hydrogen) atoms. The topological polar surface area (TPSA) is 127 Å². The number of aliphatic carboxylic acids is 1. The van der Waals surface area contributed by atoms with Gasteiger partial charge in [-0.2, -0.15) is 0 Å². The van der Waals surface area contributed by atoms with Gasteiger partial charge in [-0.05, 0) is 18.9 Å². The Kier molecular flexibility index (Phi) is 4.61. The van der Waals surface area contributed by atoms with Crippen molar-refractivity contribution in [3.63, 3.8) is 0 Å². The summed E-state index contributed by atoms with van der Waals surface area (Å²) in [5.41, 5.74) is 7.01. The van der Waals surface area contributed by atoms with Gasteiger partial charge in [0.2, 0.25) is 0 Å². The van der Waals surface area contributed by atoms with Crippen LogP contribution in [-0.4, -0.2) is 45.3 Å². The van der Waals surface area contributed by atoms with Crippen LogP contribution in [-0.2, 0) is 4.79 Å². The third-order valence-corrected chi connectivity index (χ3v) is 3.85. The minimum atomic E-state index is -1.54. The monoisotopic (exact) mass is 270 g/mol. The van der Waals surface area contributed by atoms with Gasteiger partial charge in [-0.1, -0.05) is 24.9 Å². The second-order valence-electron chi connectivity index (χ2n) is 4.87. The first-order valence-electron chi connectivity index (χ1n) is 6.17. The average Bonchev–Trinajstić information content (AvgIpc) is 2.62. The largest absolute Gasteiger partial charge is 0.479 e. The normalized spacial score (nSPS) is 29.9. The predicted molar refractivity (Wildman–Crippen MR) is 66.7 cm³/mol. The van der Waals surface area contributed by atoms with E-state index in [-0.39, 0.29) is 6.54 Å². The van der Waals surface area contributed by atoms with E-state index in [0.717, 1.165) is 17.7 Å². The smallest absolute Gasteiger partial charge is 0.408 e. The van der Waals surface area contributed by atoms with Crippen molar-refractivity contribution in [3.8, 4) is 0 Å². The maximum absolute atomic E-state index is 11.5. The number of unbranched alkanes of at least 4 members (excludes halogenated alkanes) is 1. The van der Waals surface area contributed by atoms with Crippen LogP contribution in [0.2, 0.25) is 0 Å². The lowest BCUT2D eigenvalue weighted by atomic mass is 9.81. The summed E-state index contributed by atoms with van der Waals surface area (Å²) in [5, 5.41) is 22.1. The minimum Gasteiger partial charge on any atom is -0.479 e. The molecule has 1 fully saturated rings. The van der Waals surface area contributed by atoms with E-state index in [1.807, 2.05) is 6.92 Å². The van der Waals surface area contributed by atoms with E-state index in [9.17, 15) is 14.7 Å². The van der Waals surface area contributed by atoms with E-state index < -0.39 is 29.6 Å². The van der Waals surface area contributed by atoms with Gasteiger partial charge in [0, 0.05) is 17.4 Å². The van der Waals surface area contributed by atoms with Gasteiger partial charge in [0.15, 0.2) is 0 Å². The second-order valence-corrected chi connectivity index (χ2v) is 4.87. The molecule has 0 bridgehead atoms. The zero-order valence-corrected chi connectivity index (χ0v) is 11.0. The number of carbonyl (C=O) groups is 2. The molecule has 8 heteroatoms. The molecule has 1 amide bonds. The summed E-state index contributed by atoms with van der Waals surface area (Å²) in [6.07, 6.45) is 0.843. The van der Waals surface area contributed by atoms with Crippen LogP contribution in [0.3, 0.4) is 0 Å². The summed E-state index contributed by atoms with van der Waals surface area (Å²) in [6, 6.07) is -0.631. The maximum Gasteiger partial charge on any atom is 0.408 e. The number of carboxylic acid groups (broad SMARTS) is 2. The molecule has 0 radical (unpaired) electrons. The Bertz CT molecular complexity index is 421. The van der Waals surface area contributed by atoms with Crippen molar-refractivity contribution in [1.29, 1.82) is 0 Å². The molecule has 3 atom stereocenters. The number of azide groups is 1. The Morgan fingerprint density at radius 1 is 1.53 bits per heavy atom. The van der Waals surface area contributed by atoms with Crippen LogP contribution in [0.5, 0.6) is 0 Å². The third-order valence-electron chi connectivity index (χ3n) is 3.85. The lowest BCUT2D eigenvalue weighted by Crippen LogP contribution is -2.54. The zero-order chi connectivity index (χ0) is 14.6. The van der Waals surface area contributed by atoms with E-state index in [4.69, 9.17) is 10.6 Å². The number of amides is 1. The maximum atomic E-state index is 11.5. The lowest BCUT2D eigenvalue weighted by Gasteiger charge is -2.33. The molecule has 1 aliphatic heterocycles. The summed E-state index contributed by atoms with van der Waals surface area (Å²) >= 11 is 0. The van der Waals surface area contributed by atoms with Gasteiger partial charge in [-0.3, -0.25) is 4.90 Å². The Hall–Kier alpha value is -1.95. The van der Waals surface area contributed by atoms with Crippen LogP contribution in [0.25, 0.3) is 10.4 Å². The molecule has 0 aromatic carbocycles. The van der Waals surface area contributed by atoms with E-state index in [1.54, 1.807) is 0 Å². The standard InChI is InChI=1S/C11H18N4O4/c1-3-4-5-7-8(13-14-12)6-15(10(18)19)11(7,2)9(16)17/h7-8H,3-6H2,1-2H3,(H,16,17)(H,18,19). The highest BCUT2D eigenvalue weighted by Crippen LogP contribution is 2.40. The molecule has 0 aliphatic carbocycles. The average molecular weight is 270 g/mol. The summed E-state index contributed by atoms with van der Waals surface area (Å²) in [7, 11) is 0. The van der Waals surface area contributed by atoms with Crippen LogP contribution in [0, 0.1) is 5.92 Å². The molecule has 2 N–H and O–H groups in total. The molecular weight excluding hydrogens is 252 g/mol. The van der Waals surface area contributed by atoms with Crippen LogP contribution in [0.1, 0.15) is 33.1 Å². The van der Waals surface area contributed by atoms with Crippen molar-refractivity contribution in [1.82, 2.24) is 4.90 Å². The summed E-state index contributed by atoms with van der Waals surface area (Å²) in [4.78, 5) is 26.3. The fraction of sp³-hybridized carbons (Fsp3) is 0.818. The Morgan fingerprint density at radius 3 is 2.58 bits per heavy atom. The van der Waals surface area contributed by atoms with Crippen LogP contribution in [0.15, 0.2) is 5.11 Å². The number of nitrogens with zero attached hydrogens (tertiary/aromatic N) is 4. The van der Waals surface area contributed by atoms with Gasteiger partial charge in [0.05, 0.1) is 6.04 Å². The predicted octanol–water partition coefficient (Wildman–Crippen LogP) is 2.31. The molecular formula is C11H18N4O4. The molecule has 1 aliphatic rings. The van der Waals surface area contributed by atoms with Gasteiger partial charge >= 0.3 is 12.1 Å². The third kappa shape index (κ3) is 2.58. The zero-order valence-electron chi connectivity index (χ0n) is 11.0. The molecule has 1 rings (SSSR count). The van der Waals surface area contributed by atoms with Gasteiger partial charge in [-0.15, -0.1) is 0 Å². The van der Waals surface area contributed by atoms with Crippen molar-refractivity contribution in [3.05, 3.63) is 10.4 Å². The fourth-order valence-electron chi connectivity index (χ4n) is 2.71. The molecule has 8 nitrogen and oxygen atoms in total. The molecule has 0 aromatic rings. The molecule has 0 spiro atoms. The van der Waals surface area contributed by atoms with Crippen molar-refractivity contribution in [2.75, 3.05) is 6.54 Å². The quantitative estimate of drug-likeness (QED) is 0.451. The SMILES string of the molecule is CCCCC1C(N=[N+]=[N-])CN(C(=O)O)C1(C)C(=O)O. The van der Waals surface area contributed by atoms with Crippen LogP contribution in [0.4, 0.5) is 4.79 Å². The molecule has 1 saturated heterocycles. The number of hydrogen-bond acceptors (Lipinski definition) is 3. The van der Waals surface area contributed by atoms with Gasteiger partial charge in [0.1, 0.15) is 5.54 Å². The second kappa shape index (κ2) is 5.79. The van der Waals surface area contributed by atoms with E-state index in [2.05, 4.69) is 10.0 Å². The molecule has 106 valence electrons. The summed E-state index contributed by atoms with van der Waals surface area (Å²) < 4.78 is 0. The first-order chi connectivity index (χ1) is 8.89. The first-order valence-corrected chi connectivity index (χ1v) is 6.17.